The largest absolute Gasteiger partial charge is 0.334 e. The minimum atomic E-state index is -3.65. The monoisotopic (exact) mass is 415 g/mol. The summed E-state index contributed by atoms with van der Waals surface area (Å²) in [6, 6.07) is 11.7. The first-order valence-corrected chi connectivity index (χ1v) is 11.0. The quantitative estimate of drug-likeness (QED) is 0.642. The van der Waals surface area contributed by atoms with Crippen LogP contribution in [0.2, 0.25) is 0 Å². The second kappa shape index (κ2) is 7.68. The van der Waals surface area contributed by atoms with Gasteiger partial charge in [0.05, 0.1) is 4.90 Å². The van der Waals surface area contributed by atoms with E-state index in [4.69, 9.17) is 4.52 Å². The predicted octanol–water partition coefficient (Wildman–Crippen LogP) is 4.06. The fourth-order valence-electron chi connectivity index (χ4n) is 3.60. The van der Waals surface area contributed by atoms with Crippen LogP contribution in [0.25, 0.3) is 11.5 Å². The molecule has 0 atom stereocenters. The molecule has 0 bridgehead atoms. The van der Waals surface area contributed by atoms with Gasteiger partial charge in [0.1, 0.15) is 5.82 Å². The molecule has 29 heavy (non-hydrogen) atoms. The lowest BCUT2D eigenvalue weighted by Gasteiger charge is -2.29. The molecule has 1 fully saturated rings. The molecule has 1 aromatic heterocycles. The summed E-state index contributed by atoms with van der Waals surface area (Å²) in [4.78, 5) is 4.67. The molecule has 0 amide bonds. The van der Waals surface area contributed by atoms with Gasteiger partial charge in [0.25, 0.3) is 5.89 Å². The Labute approximate surface area is 169 Å². The average molecular weight is 415 g/mol. The fraction of sp³-hybridized carbons (Fsp3) is 0.333. The second-order valence-corrected chi connectivity index (χ2v) is 9.30. The van der Waals surface area contributed by atoms with Gasteiger partial charge in [-0.1, -0.05) is 23.4 Å². The Kier molecular flexibility index (Phi) is 5.23. The molecule has 0 unspecified atom stereocenters. The van der Waals surface area contributed by atoms with Gasteiger partial charge in [0.15, 0.2) is 5.82 Å². The fourth-order valence-corrected chi connectivity index (χ4v) is 5.16. The van der Waals surface area contributed by atoms with Crippen molar-refractivity contribution in [3.05, 3.63) is 65.2 Å². The molecule has 3 aromatic rings. The maximum Gasteiger partial charge on any atom is 0.258 e. The van der Waals surface area contributed by atoms with E-state index in [1.165, 1.54) is 22.5 Å². The van der Waals surface area contributed by atoms with Gasteiger partial charge in [0, 0.05) is 24.6 Å². The summed E-state index contributed by atoms with van der Waals surface area (Å²) >= 11 is 0. The highest BCUT2D eigenvalue weighted by Gasteiger charge is 2.32. The van der Waals surface area contributed by atoms with Gasteiger partial charge in [-0.2, -0.15) is 9.29 Å². The van der Waals surface area contributed by atoms with Crippen molar-refractivity contribution in [3.63, 3.8) is 0 Å². The molecule has 1 aliphatic heterocycles. The van der Waals surface area contributed by atoms with Crippen LogP contribution in [0.3, 0.4) is 0 Å². The van der Waals surface area contributed by atoms with Crippen molar-refractivity contribution in [1.82, 2.24) is 14.4 Å². The molecule has 0 saturated carbocycles. The molecule has 8 heteroatoms. The summed E-state index contributed by atoms with van der Waals surface area (Å²) < 4.78 is 46.1. The normalized spacial score (nSPS) is 16.2. The van der Waals surface area contributed by atoms with Crippen LogP contribution in [0, 0.1) is 19.7 Å². The first-order valence-electron chi connectivity index (χ1n) is 9.52. The van der Waals surface area contributed by atoms with Crippen LogP contribution >= 0.6 is 0 Å². The second-order valence-electron chi connectivity index (χ2n) is 7.36. The number of halogens is 1. The van der Waals surface area contributed by atoms with Crippen LogP contribution < -0.4 is 0 Å². The number of nitrogens with zero attached hydrogens (tertiary/aromatic N) is 3. The van der Waals surface area contributed by atoms with Crippen LogP contribution in [0.4, 0.5) is 4.39 Å². The zero-order chi connectivity index (χ0) is 20.6. The van der Waals surface area contributed by atoms with Crippen molar-refractivity contribution in [2.24, 2.45) is 0 Å². The first kappa shape index (κ1) is 19.7. The van der Waals surface area contributed by atoms with E-state index in [2.05, 4.69) is 10.1 Å². The standard InChI is InChI=1S/C21H22FN3O3S/c1-14-5-3-4-6-18(14)21-23-20(24-28-21)16-9-11-25(12-10-16)29(26,27)17-7-8-19(22)15(2)13-17/h3-8,13,16H,9-12H2,1-2H3. The van der Waals surface area contributed by atoms with E-state index in [0.717, 1.165) is 11.1 Å². The number of aromatic nitrogens is 2. The third-order valence-electron chi connectivity index (χ3n) is 5.40. The van der Waals surface area contributed by atoms with Gasteiger partial charge in [-0.15, -0.1) is 0 Å². The van der Waals surface area contributed by atoms with Gasteiger partial charge >= 0.3 is 0 Å². The number of benzene rings is 2. The van der Waals surface area contributed by atoms with Crippen molar-refractivity contribution in [3.8, 4) is 11.5 Å². The van der Waals surface area contributed by atoms with E-state index in [1.807, 2.05) is 31.2 Å². The van der Waals surface area contributed by atoms with Crippen LogP contribution in [0.15, 0.2) is 51.9 Å². The third-order valence-corrected chi connectivity index (χ3v) is 7.30. The Hall–Kier alpha value is -2.58. The maximum atomic E-state index is 13.5. The Balaban J connectivity index is 1.47. The number of hydrogen-bond acceptors (Lipinski definition) is 5. The number of piperidine rings is 1. The lowest BCUT2D eigenvalue weighted by Crippen LogP contribution is -2.38. The summed E-state index contributed by atoms with van der Waals surface area (Å²) in [6.45, 7) is 4.26. The number of aryl methyl sites for hydroxylation is 2. The lowest BCUT2D eigenvalue weighted by molar-refractivity contribution is 0.307. The highest BCUT2D eigenvalue weighted by Crippen LogP contribution is 2.31. The highest BCUT2D eigenvalue weighted by molar-refractivity contribution is 7.89. The van der Waals surface area contributed by atoms with E-state index >= 15 is 0 Å². The Morgan fingerprint density at radius 1 is 1.07 bits per heavy atom. The Bertz CT molecular complexity index is 1140. The van der Waals surface area contributed by atoms with E-state index < -0.39 is 15.8 Å². The van der Waals surface area contributed by atoms with Gasteiger partial charge in [-0.05, 0) is 62.1 Å². The minimum absolute atomic E-state index is 0.0397. The maximum absolute atomic E-state index is 13.5. The van der Waals surface area contributed by atoms with Gasteiger partial charge in [-0.3, -0.25) is 0 Å². The first-order chi connectivity index (χ1) is 13.9. The van der Waals surface area contributed by atoms with Crippen LogP contribution in [0.1, 0.15) is 35.7 Å². The molecule has 6 nitrogen and oxygen atoms in total. The summed E-state index contributed by atoms with van der Waals surface area (Å²) in [5, 5.41) is 4.13. The molecule has 0 aliphatic carbocycles. The van der Waals surface area contributed by atoms with Gasteiger partial charge in [-0.25, -0.2) is 12.8 Å². The number of hydrogen-bond donors (Lipinski definition) is 0. The predicted molar refractivity (Wildman–Crippen MR) is 106 cm³/mol. The zero-order valence-corrected chi connectivity index (χ0v) is 17.1. The lowest BCUT2D eigenvalue weighted by atomic mass is 9.97. The summed E-state index contributed by atoms with van der Waals surface area (Å²) in [5.74, 6) is 0.718. The third kappa shape index (κ3) is 3.82. The van der Waals surface area contributed by atoms with E-state index in [1.54, 1.807) is 6.92 Å². The highest BCUT2D eigenvalue weighted by atomic mass is 32.2. The summed E-state index contributed by atoms with van der Waals surface area (Å²) in [5.41, 5.74) is 2.27. The molecular formula is C21H22FN3O3S. The summed E-state index contributed by atoms with van der Waals surface area (Å²) in [6.07, 6.45) is 1.21. The van der Waals surface area contributed by atoms with Crippen molar-refractivity contribution in [1.29, 1.82) is 0 Å². The van der Waals surface area contributed by atoms with Crippen molar-refractivity contribution < 1.29 is 17.3 Å². The topological polar surface area (TPSA) is 76.3 Å². The van der Waals surface area contributed by atoms with E-state index in [9.17, 15) is 12.8 Å². The van der Waals surface area contributed by atoms with Crippen LogP contribution in [-0.2, 0) is 10.0 Å². The Morgan fingerprint density at radius 2 is 1.79 bits per heavy atom. The molecular weight excluding hydrogens is 393 g/mol. The number of sulfonamides is 1. The molecule has 0 radical (unpaired) electrons. The Morgan fingerprint density at radius 3 is 2.48 bits per heavy atom. The molecule has 1 aliphatic rings. The molecule has 0 spiro atoms. The zero-order valence-electron chi connectivity index (χ0n) is 16.3. The van der Waals surface area contributed by atoms with Crippen molar-refractivity contribution >= 4 is 10.0 Å². The average Bonchev–Trinajstić information content (AvgIpc) is 3.20. The SMILES string of the molecule is Cc1cc(S(=O)(=O)N2CCC(c3noc(-c4ccccc4C)n3)CC2)ccc1F. The van der Waals surface area contributed by atoms with Gasteiger partial charge in [0.2, 0.25) is 10.0 Å². The molecule has 152 valence electrons. The number of rotatable bonds is 4. The van der Waals surface area contributed by atoms with Crippen LogP contribution in [0.5, 0.6) is 0 Å². The molecule has 1 saturated heterocycles. The molecule has 0 N–H and O–H groups in total. The molecule has 4 rings (SSSR count). The summed E-state index contributed by atoms with van der Waals surface area (Å²) in [7, 11) is -3.65. The minimum Gasteiger partial charge on any atom is -0.334 e. The van der Waals surface area contributed by atoms with Crippen LogP contribution in [-0.4, -0.2) is 36.0 Å². The van der Waals surface area contributed by atoms with Crippen molar-refractivity contribution in [2.75, 3.05) is 13.1 Å². The molecule has 2 heterocycles. The van der Waals surface area contributed by atoms with E-state index in [-0.39, 0.29) is 10.8 Å². The van der Waals surface area contributed by atoms with Gasteiger partial charge < -0.3 is 4.52 Å². The smallest absolute Gasteiger partial charge is 0.258 e. The van der Waals surface area contributed by atoms with E-state index in [0.29, 0.717) is 43.2 Å². The van der Waals surface area contributed by atoms with Crippen molar-refractivity contribution in [2.45, 2.75) is 37.5 Å². The molecule has 2 aromatic carbocycles.